The van der Waals surface area contributed by atoms with Gasteiger partial charge >= 0.3 is 0 Å². The molecule has 1 amide bonds. The number of ether oxygens (including phenoxy) is 1. The Morgan fingerprint density at radius 3 is 2.74 bits per heavy atom. The van der Waals surface area contributed by atoms with Crippen LogP contribution in [0.15, 0.2) is 0 Å². The first-order chi connectivity index (χ1) is 8.75. The second kappa shape index (κ2) is 8.77. The lowest BCUT2D eigenvalue weighted by atomic mass is 9.88. The second-order valence-electron chi connectivity index (χ2n) is 5.72. The molecule has 2 unspecified atom stereocenters. The molecule has 19 heavy (non-hydrogen) atoms. The van der Waals surface area contributed by atoms with Crippen molar-refractivity contribution in [3.05, 3.63) is 0 Å². The van der Waals surface area contributed by atoms with Crippen molar-refractivity contribution < 1.29 is 9.53 Å². The molecule has 0 spiro atoms. The van der Waals surface area contributed by atoms with Crippen LogP contribution in [0.3, 0.4) is 0 Å². The molecule has 0 radical (unpaired) electrons. The lowest BCUT2D eigenvalue weighted by Gasteiger charge is -2.29. The maximum atomic E-state index is 11.8. The molecule has 1 aliphatic carbocycles. The van der Waals surface area contributed by atoms with Gasteiger partial charge in [0.1, 0.15) is 6.61 Å². The number of nitrogens with one attached hydrogen (secondary N) is 2. The van der Waals surface area contributed by atoms with E-state index in [0.29, 0.717) is 12.0 Å². The van der Waals surface area contributed by atoms with Crippen LogP contribution in [0.25, 0.3) is 0 Å². The van der Waals surface area contributed by atoms with Gasteiger partial charge in [-0.05, 0) is 38.1 Å². The molecule has 112 valence electrons. The van der Waals surface area contributed by atoms with Crippen LogP contribution in [-0.4, -0.2) is 37.7 Å². The third-order valence-electron chi connectivity index (χ3n) is 4.12. The number of piperidine rings is 1. The van der Waals surface area contributed by atoms with Gasteiger partial charge in [-0.3, -0.25) is 4.79 Å². The molecular formula is C14H27ClN2O2. The smallest absolute Gasteiger partial charge is 0.246 e. The monoisotopic (exact) mass is 290 g/mol. The van der Waals surface area contributed by atoms with Crippen molar-refractivity contribution in [1.29, 1.82) is 0 Å². The van der Waals surface area contributed by atoms with Crippen molar-refractivity contribution in [2.75, 3.05) is 19.7 Å². The molecule has 1 aliphatic heterocycles. The van der Waals surface area contributed by atoms with Crippen LogP contribution in [0.2, 0.25) is 0 Å². The van der Waals surface area contributed by atoms with Gasteiger partial charge in [0.05, 0.1) is 6.10 Å². The zero-order valence-corrected chi connectivity index (χ0v) is 12.6. The number of halogens is 1. The van der Waals surface area contributed by atoms with Gasteiger partial charge in [-0.2, -0.15) is 0 Å². The minimum atomic E-state index is 0. The summed E-state index contributed by atoms with van der Waals surface area (Å²) in [5, 5.41) is 6.34. The number of hydrogen-bond acceptors (Lipinski definition) is 3. The predicted octanol–water partition coefficient (Wildman–Crippen LogP) is 1.87. The molecular weight excluding hydrogens is 264 g/mol. The summed E-state index contributed by atoms with van der Waals surface area (Å²) in [4.78, 5) is 11.8. The molecule has 0 aromatic rings. The summed E-state index contributed by atoms with van der Waals surface area (Å²) in [5.41, 5.74) is 0. The first-order valence-corrected chi connectivity index (χ1v) is 7.37. The van der Waals surface area contributed by atoms with Crippen molar-refractivity contribution >= 4 is 18.3 Å². The fourth-order valence-electron chi connectivity index (χ4n) is 2.96. The molecule has 2 rings (SSSR count). The van der Waals surface area contributed by atoms with Crippen molar-refractivity contribution in [3.8, 4) is 0 Å². The number of carbonyl (C=O) groups excluding carboxylic acids is 1. The van der Waals surface area contributed by atoms with Crippen molar-refractivity contribution in [3.63, 3.8) is 0 Å². The van der Waals surface area contributed by atoms with Crippen LogP contribution < -0.4 is 10.6 Å². The number of carbonyl (C=O) groups is 1. The average molecular weight is 291 g/mol. The first-order valence-electron chi connectivity index (χ1n) is 7.37. The highest BCUT2D eigenvalue weighted by molar-refractivity contribution is 5.85. The van der Waals surface area contributed by atoms with Gasteiger partial charge in [0, 0.05) is 12.6 Å². The molecule has 2 fully saturated rings. The van der Waals surface area contributed by atoms with Crippen molar-refractivity contribution in [2.45, 2.75) is 57.6 Å². The van der Waals surface area contributed by atoms with E-state index in [1.807, 2.05) is 0 Å². The molecule has 3 atom stereocenters. The Balaban J connectivity index is 0.00000180. The molecule has 5 heteroatoms. The Morgan fingerprint density at radius 2 is 2.05 bits per heavy atom. The van der Waals surface area contributed by atoms with Gasteiger partial charge in [-0.25, -0.2) is 0 Å². The van der Waals surface area contributed by atoms with Gasteiger partial charge < -0.3 is 15.4 Å². The summed E-state index contributed by atoms with van der Waals surface area (Å²) in [6.07, 6.45) is 7.40. The van der Waals surface area contributed by atoms with E-state index in [4.69, 9.17) is 4.74 Å². The number of rotatable bonds is 4. The first kappa shape index (κ1) is 16.7. The van der Waals surface area contributed by atoms with Crippen LogP contribution in [0.4, 0.5) is 0 Å². The van der Waals surface area contributed by atoms with Crippen LogP contribution in [-0.2, 0) is 9.53 Å². The van der Waals surface area contributed by atoms with Gasteiger partial charge in [0.25, 0.3) is 0 Å². The van der Waals surface area contributed by atoms with Crippen molar-refractivity contribution in [1.82, 2.24) is 10.6 Å². The maximum absolute atomic E-state index is 11.8. The van der Waals surface area contributed by atoms with Crippen LogP contribution in [0, 0.1) is 5.92 Å². The Kier molecular flexibility index (Phi) is 7.73. The SMILES string of the molecule is CC1CCCCC1OCC(=O)N[C@H]1CCCNC1.Cl. The fraction of sp³-hybridized carbons (Fsp3) is 0.929. The lowest BCUT2D eigenvalue weighted by Crippen LogP contribution is -2.47. The Labute approximate surface area is 122 Å². The third-order valence-corrected chi connectivity index (χ3v) is 4.12. The van der Waals surface area contributed by atoms with Crippen LogP contribution in [0.5, 0.6) is 0 Å². The standard InChI is InChI=1S/C14H26N2O2.ClH/c1-11-5-2-3-7-13(11)18-10-14(17)16-12-6-4-8-15-9-12;/h11-13,15H,2-10H2,1H3,(H,16,17);1H/t11?,12-,13?;/m0./s1. The molecule has 0 aromatic heterocycles. The molecule has 1 saturated heterocycles. The summed E-state index contributed by atoms with van der Waals surface area (Å²) < 4.78 is 5.77. The van der Waals surface area contributed by atoms with E-state index < -0.39 is 0 Å². The van der Waals surface area contributed by atoms with E-state index in [0.717, 1.165) is 32.4 Å². The normalized spacial score (nSPS) is 31.3. The van der Waals surface area contributed by atoms with Gasteiger partial charge in [0.15, 0.2) is 0 Å². The zero-order chi connectivity index (χ0) is 12.8. The third kappa shape index (κ3) is 5.67. The molecule has 4 nitrogen and oxygen atoms in total. The lowest BCUT2D eigenvalue weighted by molar-refractivity contribution is -0.130. The van der Waals surface area contributed by atoms with E-state index in [9.17, 15) is 4.79 Å². The molecule has 2 N–H and O–H groups in total. The number of hydrogen-bond donors (Lipinski definition) is 2. The van der Waals surface area contributed by atoms with E-state index >= 15 is 0 Å². The van der Waals surface area contributed by atoms with E-state index in [2.05, 4.69) is 17.6 Å². The summed E-state index contributed by atoms with van der Waals surface area (Å²) in [6.45, 7) is 4.42. The second-order valence-corrected chi connectivity index (χ2v) is 5.72. The molecule has 0 bridgehead atoms. The Hall–Kier alpha value is -0.320. The largest absolute Gasteiger partial charge is 0.368 e. The number of amides is 1. The minimum Gasteiger partial charge on any atom is -0.368 e. The maximum Gasteiger partial charge on any atom is 0.246 e. The molecule has 2 aliphatic rings. The summed E-state index contributed by atoms with van der Waals surface area (Å²) in [6, 6.07) is 0.290. The van der Waals surface area contributed by atoms with E-state index in [1.54, 1.807) is 0 Å². The van der Waals surface area contributed by atoms with Gasteiger partial charge in [-0.15, -0.1) is 12.4 Å². The molecule has 1 heterocycles. The molecule has 1 saturated carbocycles. The summed E-state index contributed by atoms with van der Waals surface area (Å²) in [7, 11) is 0. The topological polar surface area (TPSA) is 50.4 Å². The van der Waals surface area contributed by atoms with Gasteiger partial charge in [0.2, 0.25) is 5.91 Å². The van der Waals surface area contributed by atoms with Gasteiger partial charge in [-0.1, -0.05) is 19.8 Å². The van der Waals surface area contributed by atoms with Crippen molar-refractivity contribution in [2.24, 2.45) is 5.92 Å². The zero-order valence-electron chi connectivity index (χ0n) is 11.8. The molecule has 0 aromatic carbocycles. The summed E-state index contributed by atoms with van der Waals surface area (Å²) in [5.74, 6) is 0.643. The minimum absolute atomic E-state index is 0. The highest BCUT2D eigenvalue weighted by Crippen LogP contribution is 2.26. The van der Waals surface area contributed by atoms with Crippen LogP contribution >= 0.6 is 12.4 Å². The van der Waals surface area contributed by atoms with E-state index in [1.165, 1.54) is 19.3 Å². The van der Waals surface area contributed by atoms with Crippen LogP contribution in [0.1, 0.15) is 45.4 Å². The fourth-order valence-corrected chi connectivity index (χ4v) is 2.96. The Bertz CT molecular complexity index is 270. The van der Waals surface area contributed by atoms with E-state index in [-0.39, 0.29) is 31.0 Å². The Morgan fingerprint density at radius 1 is 1.26 bits per heavy atom. The average Bonchev–Trinajstić information content (AvgIpc) is 2.39. The summed E-state index contributed by atoms with van der Waals surface area (Å²) >= 11 is 0. The predicted molar refractivity (Wildman–Crippen MR) is 78.7 cm³/mol. The highest BCUT2D eigenvalue weighted by atomic mass is 35.5. The highest BCUT2D eigenvalue weighted by Gasteiger charge is 2.23. The quantitative estimate of drug-likeness (QED) is 0.831.